The van der Waals surface area contributed by atoms with E-state index in [9.17, 15) is 0 Å². The van der Waals surface area contributed by atoms with Crippen molar-refractivity contribution in [1.82, 2.24) is 9.78 Å². The van der Waals surface area contributed by atoms with Crippen LogP contribution in [0.3, 0.4) is 0 Å². The van der Waals surface area contributed by atoms with E-state index in [0.29, 0.717) is 0 Å². The summed E-state index contributed by atoms with van der Waals surface area (Å²) in [6.45, 7) is 2.87. The van der Waals surface area contributed by atoms with Gasteiger partial charge < -0.3 is 0 Å². The summed E-state index contributed by atoms with van der Waals surface area (Å²) in [5, 5.41) is 5.16. The van der Waals surface area contributed by atoms with Gasteiger partial charge in [0.15, 0.2) is 0 Å². The number of benzene rings is 2. The maximum atomic E-state index is 6.02. The van der Waals surface area contributed by atoms with Crippen molar-refractivity contribution in [3.8, 4) is 11.1 Å². The minimum atomic E-state index is 0.744. The predicted octanol–water partition coefficient (Wildman–Crippen LogP) is 4.56. The number of hydrogen-bond donors (Lipinski definition) is 0. The molecular formula is C17H15ClN2. The molecule has 2 nitrogen and oxygen atoms in total. The highest BCUT2D eigenvalue weighted by atomic mass is 35.5. The van der Waals surface area contributed by atoms with Crippen LogP contribution in [0.2, 0.25) is 5.02 Å². The molecule has 3 rings (SSSR count). The van der Waals surface area contributed by atoms with E-state index in [1.54, 1.807) is 0 Å². The van der Waals surface area contributed by atoms with Gasteiger partial charge in [0, 0.05) is 16.8 Å². The lowest BCUT2D eigenvalue weighted by Crippen LogP contribution is -1.99. The molecule has 0 bridgehead atoms. The molecule has 0 aliphatic carbocycles. The zero-order chi connectivity index (χ0) is 13.9. The first-order valence-electron chi connectivity index (χ1n) is 6.55. The van der Waals surface area contributed by atoms with Crippen molar-refractivity contribution >= 4 is 11.6 Å². The summed E-state index contributed by atoms with van der Waals surface area (Å²) in [6, 6.07) is 16.3. The van der Waals surface area contributed by atoms with E-state index in [-0.39, 0.29) is 0 Å². The van der Waals surface area contributed by atoms with Gasteiger partial charge in [-0.2, -0.15) is 5.10 Å². The molecule has 0 amide bonds. The fraction of sp³-hybridized carbons (Fsp3) is 0.118. The van der Waals surface area contributed by atoms with Crippen LogP contribution in [-0.2, 0) is 6.54 Å². The van der Waals surface area contributed by atoms with E-state index in [1.165, 1.54) is 11.1 Å². The Hall–Kier alpha value is -2.06. The van der Waals surface area contributed by atoms with Crippen LogP contribution in [-0.4, -0.2) is 9.78 Å². The highest BCUT2D eigenvalue weighted by molar-refractivity contribution is 6.30. The van der Waals surface area contributed by atoms with E-state index < -0.39 is 0 Å². The lowest BCUT2D eigenvalue weighted by molar-refractivity contribution is 0.687. The second kappa shape index (κ2) is 5.51. The van der Waals surface area contributed by atoms with Crippen LogP contribution in [0.25, 0.3) is 11.1 Å². The Balaban J connectivity index is 1.82. The fourth-order valence-electron chi connectivity index (χ4n) is 2.15. The summed E-state index contributed by atoms with van der Waals surface area (Å²) in [5.74, 6) is 0. The largest absolute Gasteiger partial charge is 0.268 e. The van der Waals surface area contributed by atoms with Gasteiger partial charge in [-0.1, -0.05) is 53.6 Å². The molecule has 3 heteroatoms. The molecule has 0 aliphatic rings. The lowest BCUT2D eigenvalue weighted by atomic mass is 10.1. The molecule has 0 unspecified atom stereocenters. The SMILES string of the molecule is Cc1ccc(Cn2cc(-c3cccc(Cl)c3)cn2)cc1. The van der Waals surface area contributed by atoms with Gasteiger partial charge in [0.1, 0.15) is 0 Å². The van der Waals surface area contributed by atoms with E-state index in [2.05, 4.69) is 36.3 Å². The number of rotatable bonds is 3. The molecule has 1 aromatic heterocycles. The highest BCUT2D eigenvalue weighted by Crippen LogP contribution is 2.22. The zero-order valence-electron chi connectivity index (χ0n) is 11.3. The molecule has 0 aliphatic heterocycles. The maximum Gasteiger partial charge on any atom is 0.0659 e. The molecule has 0 fully saturated rings. The van der Waals surface area contributed by atoms with Crippen LogP contribution in [0.15, 0.2) is 60.9 Å². The molecule has 0 spiro atoms. The molecule has 0 N–H and O–H groups in total. The maximum absolute atomic E-state index is 6.02. The van der Waals surface area contributed by atoms with Crippen molar-refractivity contribution in [2.45, 2.75) is 13.5 Å². The second-order valence-corrected chi connectivity index (χ2v) is 5.36. The Morgan fingerprint density at radius 2 is 1.85 bits per heavy atom. The zero-order valence-corrected chi connectivity index (χ0v) is 12.0. The summed E-state index contributed by atoms with van der Waals surface area (Å²) in [6.07, 6.45) is 3.92. The van der Waals surface area contributed by atoms with Crippen molar-refractivity contribution in [1.29, 1.82) is 0 Å². The van der Waals surface area contributed by atoms with Crippen LogP contribution >= 0.6 is 11.6 Å². The number of aromatic nitrogens is 2. The first-order chi connectivity index (χ1) is 9.70. The van der Waals surface area contributed by atoms with Gasteiger partial charge in [-0.3, -0.25) is 4.68 Å². The van der Waals surface area contributed by atoms with Gasteiger partial charge in [0.2, 0.25) is 0 Å². The van der Waals surface area contributed by atoms with E-state index >= 15 is 0 Å². The van der Waals surface area contributed by atoms with Gasteiger partial charge in [0.05, 0.1) is 12.7 Å². The molecule has 3 aromatic rings. The van der Waals surface area contributed by atoms with Gasteiger partial charge in [-0.25, -0.2) is 0 Å². The average Bonchev–Trinajstić information content (AvgIpc) is 2.90. The van der Waals surface area contributed by atoms with Crippen LogP contribution in [0, 0.1) is 6.92 Å². The molecule has 1 heterocycles. The fourth-order valence-corrected chi connectivity index (χ4v) is 2.34. The third kappa shape index (κ3) is 2.91. The summed E-state index contributed by atoms with van der Waals surface area (Å²) >= 11 is 6.02. The molecule has 0 saturated carbocycles. The Morgan fingerprint density at radius 3 is 2.60 bits per heavy atom. The van der Waals surface area contributed by atoms with Crippen molar-refractivity contribution in [3.63, 3.8) is 0 Å². The number of hydrogen-bond acceptors (Lipinski definition) is 1. The Bertz CT molecular complexity index is 714. The molecule has 20 heavy (non-hydrogen) atoms. The molecule has 2 aromatic carbocycles. The summed E-state index contributed by atoms with van der Waals surface area (Å²) in [7, 11) is 0. The lowest BCUT2D eigenvalue weighted by Gasteiger charge is -2.02. The van der Waals surface area contributed by atoms with Crippen LogP contribution in [0.5, 0.6) is 0 Å². The minimum Gasteiger partial charge on any atom is -0.268 e. The molecule has 0 atom stereocenters. The first-order valence-corrected chi connectivity index (χ1v) is 6.92. The monoisotopic (exact) mass is 282 g/mol. The van der Waals surface area contributed by atoms with Crippen LogP contribution in [0.4, 0.5) is 0 Å². The van der Waals surface area contributed by atoms with E-state index in [4.69, 9.17) is 11.6 Å². The van der Waals surface area contributed by atoms with Crippen LogP contribution < -0.4 is 0 Å². The summed E-state index contributed by atoms with van der Waals surface area (Å²) in [4.78, 5) is 0. The van der Waals surface area contributed by atoms with Gasteiger partial charge >= 0.3 is 0 Å². The third-order valence-corrected chi connectivity index (χ3v) is 3.49. The van der Waals surface area contributed by atoms with E-state index in [0.717, 1.165) is 22.7 Å². The van der Waals surface area contributed by atoms with Crippen molar-refractivity contribution < 1.29 is 0 Å². The molecule has 0 radical (unpaired) electrons. The van der Waals surface area contributed by atoms with Crippen LogP contribution in [0.1, 0.15) is 11.1 Å². The smallest absolute Gasteiger partial charge is 0.0659 e. The normalized spacial score (nSPS) is 10.7. The van der Waals surface area contributed by atoms with Crippen molar-refractivity contribution in [2.24, 2.45) is 0 Å². The topological polar surface area (TPSA) is 17.8 Å². The molecule has 0 saturated heterocycles. The summed E-state index contributed by atoms with van der Waals surface area (Å²) < 4.78 is 1.95. The second-order valence-electron chi connectivity index (χ2n) is 4.92. The first kappa shape index (κ1) is 12.9. The number of aryl methyl sites for hydroxylation is 1. The Labute approximate surface area is 123 Å². The standard InChI is InChI=1S/C17H15ClN2/c1-13-5-7-14(8-6-13)11-20-12-16(10-19-20)15-3-2-4-17(18)9-15/h2-10,12H,11H2,1H3. The molecule has 100 valence electrons. The van der Waals surface area contributed by atoms with Crippen molar-refractivity contribution in [2.75, 3.05) is 0 Å². The Morgan fingerprint density at radius 1 is 1.05 bits per heavy atom. The van der Waals surface area contributed by atoms with Gasteiger partial charge in [0.25, 0.3) is 0 Å². The predicted molar refractivity (Wildman–Crippen MR) is 83.0 cm³/mol. The van der Waals surface area contributed by atoms with Crippen molar-refractivity contribution in [3.05, 3.63) is 77.1 Å². The number of nitrogens with zero attached hydrogens (tertiary/aromatic N) is 2. The van der Waals surface area contributed by atoms with Gasteiger partial charge in [-0.15, -0.1) is 0 Å². The van der Waals surface area contributed by atoms with E-state index in [1.807, 2.05) is 41.3 Å². The average molecular weight is 283 g/mol. The quantitative estimate of drug-likeness (QED) is 0.688. The minimum absolute atomic E-state index is 0.744. The summed E-state index contributed by atoms with van der Waals surface area (Å²) in [5.41, 5.74) is 4.69. The third-order valence-electron chi connectivity index (χ3n) is 3.26. The highest BCUT2D eigenvalue weighted by Gasteiger charge is 2.03. The van der Waals surface area contributed by atoms with Gasteiger partial charge in [-0.05, 0) is 30.2 Å². The Kier molecular flexibility index (Phi) is 3.57. The molecular weight excluding hydrogens is 268 g/mol. The number of halogens is 1.